The van der Waals surface area contributed by atoms with Gasteiger partial charge in [-0.25, -0.2) is 0 Å². The molecule has 13 heteroatoms. The standard InChI is InChI=1S/C8H20N.10CO.2W.H/c1-5-9(6-2,7-3)8-4;10*1-2;;;/h5-8H2,1-4H3;;;;;;;;;;;;;/q+1;;;;;;;;;;;;;-1. The first-order valence-electron chi connectivity index (χ1n) is 6.13. The molecule has 0 atom stereocenters. The summed E-state index contributed by atoms with van der Waals surface area (Å²) in [5.74, 6) is 0. The minimum absolute atomic E-state index is 0. The molecule has 31 heavy (non-hydrogen) atoms. The van der Waals surface area contributed by atoms with E-state index >= 15 is 0 Å². The molecule has 0 fully saturated rings. The number of hydrogen-bond acceptors (Lipinski definition) is 0. The molecule has 0 rings (SSSR count). The summed E-state index contributed by atoms with van der Waals surface area (Å²) in [5.41, 5.74) is 0. The van der Waals surface area contributed by atoms with Gasteiger partial charge in [-0.3, -0.25) is 0 Å². The molecule has 0 amide bonds. The van der Waals surface area contributed by atoms with Crippen molar-refractivity contribution < 1.29 is 94.6 Å². The molecule has 0 aliphatic carbocycles. The van der Waals surface area contributed by atoms with Crippen LogP contribution in [0.25, 0.3) is 0 Å². The van der Waals surface area contributed by atoms with Crippen LogP contribution >= 0.6 is 0 Å². The largest absolute Gasteiger partial charge is 1.00 e. The molecule has 170 valence electrons. The average Bonchev–Trinajstić information content (AvgIpc) is 2.93. The maximum atomic E-state index is 7.50. The molecule has 0 aromatic heterocycles. The topological polar surface area (TPSA) is 199 Å². The smallest absolute Gasteiger partial charge is 0 e. The monoisotopic (exact) mass is 779 g/mol. The molecule has 0 saturated carbocycles. The van der Waals surface area contributed by atoms with E-state index in [1.54, 1.807) is 0 Å². The van der Waals surface area contributed by atoms with Gasteiger partial charge in [0, 0.05) is 42.1 Å². The van der Waals surface area contributed by atoms with E-state index in [1.165, 1.54) is 30.7 Å². The van der Waals surface area contributed by atoms with Crippen molar-refractivity contribution in [1.29, 1.82) is 0 Å². The Morgan fingerprint density at radius 3 is 0.419 bits per heavy atom. The van der Waals surface area contributed by atoms with E-state index in [-0.39, 0.29) is 43.6 Å². The van der Waals surface area contributed by atoms with Crippen LogP contribution < -0.4 is 0 Å². The van der Waals surface area contributed by atoms with Crippen molar-refractivity contribution in [2.45, 2.75) is 27.7 Å². The molecule has 11 nitrogen and oxygen atoms in total. The molecular weight excluding hydrogens is 758 g/mol. The van der Waals surface area contributed by atoms with Crippen LogP contribution in [0.1, 0.15) is 29.1 Å². The summed E-state index contributed by atoms with van der Waals surface area (Å²) in [6, 6.07) is 0. The Morgan fingerprint density at radius 2 is 0.419 bits per heavy atom. The van der Waals surface area contributed by atoms with Gasteiger partial charge in [-0.2, -0.15) is 0 Å². The Labute approximate surface area is 214 Å². The first-order valence-corrected chi connectivity index (χ1v) is 6.13. The molecule has 0 bridgehead atoms. The van der Waals surface area contributed by atoms with Crippen molar-refractivity contribution in [3.63, 3.8) is 0 Å². The van der Waals surface area contributed by atoms with E-state index < -0.39 is 0 Å². The van der Waals surface area contributed by atoms with Gasteiger partial charge in [0.15, 0.2) is 0 Å². The van der Waals surface area contributed by atoms with Gasteiger partial charge in [0.05, 0.1) is 26.2 Å². The third-order valence-electron chi connectivity index (χ3n) is 2.68. The van der Waals surface area contributed by atoms with Crippen LogP contribution in [0, 0.1) is 66.5 Å². The van der Waals surface area contributed by atoms with Crippen molar-refractivity contribution in [2.75, 3.05) is 26.2 Å². The van der Waals surface area contributed by atoms with Gasteiger partial charge >= 0.3 is 113 Å². The number of hydrogen-bond donors (Lipinski definition) is 0. The Hall–Kier alpha value is -1.26. The predicted molar refractivity (Wildman–Crippen MR) is 82.8 cm³/mol. The van der Waals surface area contributed by atoms with Crippen molar-refractivity contribution in [1.82, 2.24) is 0 Å². The third kappa shape index (κ3) is 178. The van der Waals surface area contributed by atoms with Crippen LogP contribution in [0.15, 0.2) is 0 Å². The third-order valence-corrected chi connectivity index (χ3v) is 2.68. The number of nitrogens with zero attached hydrogens (tertiary/aromatic N) is 1. The summed E-state index contributed by atoms with van der Waals surface area (Å²) in [6.45, 7) is 59.2. The Morgan fingerprint density at radius 1 is 0.355 bits per heavy atom. The number of quaternary nitrogens is 1. The first kappa shape index (κ1) is 87.7. The summed E-state index contributed by atoms with van der Waals surface area (Å²) >= 11 is 0. The molecule has 0 unspecified atom stereocenters. The Balaban J connectivity index is -0.0000000102. The molecule has 0 N–H and O–H groups in total. The van der Waals surface area contributed by atoms with E-state index in [0.717, 1.165) is 0 Å². The molecule has 0 aromatic carbocycles. The summed E-state index contributed by atoms with van der Waals surface area (Å²) < 4.78 is 76.3. The van der Waals surface area contributed by atoms with Gasteiger partial charge in [-0.15, -0.1) is 0 Å². The quantitative estimate of drug-likeness (QED) is 0.227. The summed E-state index contributed by atoms with van der Waals surface area (Å²) in [7, 11) is 0. The van der Waals surface area contributed by atoms with Crippen molar-refractivity contribution in [2.24, 2.45) is 0 Å². The first-order chi connectivity index (χ1) is 14.2. The van der Waals surface area contributed by atoms with Gasteiger partial charge in [0.2, 0.25) is 0 Å². The fourth-order valence-corrected chi connectivity index (χ4v) is 1.34. The van der Waals surface area contributed by atoms with Crippen LogP contribution in [-0.2, 0) is 88.7 Å². The van der Waals surface area contributed by atoms with E-state index in [9.17, 15) is 0 Å². The molecule has 0 aromatic rings. The van der Waals surface area contributed by atoms with Crippen LogP contribution in [0.3, 0.4) is 0 Å². The van der Waals surface area contributed by atoms with E-state index in [0.29, 0.717) is 0 Å². The predicted octanol–water partition coefficient (Wildman–Crippen LogP) is 1.62. The van der Waals surface area contributed by atoms with Crippen LogP contribution in [-0.4, -0.2) is 30.7 Å². The molecule has 0 heterocycles. The summed E-state index contributed by atoms with van der Waals surface area (Å²) in [5, 5.41) is 0. The number of rotatable bonds is 4. The Bertz CT molecular complexity index is 305. The second-order valence-corrected chi connectivity index (χ2v) is 2.61. The van der Waals surface area contributed by atoms with Crippen LogP contribution in [0.4, 0.5) is 0 Å². The molecular formula is C18H21NO10W2. The summed E-state index contributed by atoms with van der Waals surface area (Å²) in [6.07, 6.45) is 0. The van der Waals surface area contributed by atoms with Crippen LogP contribution in [0.5, 0.6) is 0 Å². The van der Waals surface area contributed by atoms with Crippen molar-refractivity contribution in [3.8, 4) is 0 Å². The van der Waals surface area contributed by atoms with Crippen LogP contribution in [0.2, 0.25) is 0 Å². The zero-order chi connectivity index (χ0) is 27.3. The van der Waals surface area contributed by atoms with E-state index in [2.05, 4.69) is 94.2 Å². The van der Waals surface area contributed by atoms with E-state index in [4.69, 9.17) is 46.5 Å². The maximum absolute atomic E-state index is 7.50. The maximum Gasteiger partial charge on any atom is 0 e. The minimum atomic E-state index is 0. The fraction of sp³-hybridized carbons (Fsp3) is 0.444. The normalized spacial score (nSPS) is 4.13. The molecule has 0 aliphatic rings. The molecule has 0 aliphatic heterocycles. The molecule has 0 saturated heterocycles. The second kappa shape index (κ2) is 290. The molecule has 0 spiro atoms. The summed E-state index contributed by atoms with van der Waals surface area (Å²) in [4.78, 5) is 0. The zero-order valence-electron chi connectivity index (χ0n) is 18.2. The van der Waals surface area contributed by atoms with Gasteiger partial charge in [0.25, 0.3) is 0 Å². The average molecular weight is 779 g/mol. The SMILES string of the molecule is CC[N+](CC)(CC)CC.[C-]#[O+].[C-]#[O+].[C-]#[O+].[C-]#[O+].[C-]#[O+].[C-]#[O+].[C-]#[O+].[C-]#[O+].[C-]#[O+].[C-]#[O+].[H-].[W].[W]. The van der Waals surface area contributed by atoms with Gasteiger partial charge in [-0.05, 0) is 27.7 Å². The van der Waals surface area contributed by atoms with E-state index in [1.807, 2.05) is 0 Å². The second-order valence-electron chi connectivity index (χ2n) is 2.61. The van der Waals surface area contributed by atoms with Crippen molar-refractivity contribution in [3.05, 3.63) is 66.5 Å². The molecule has 0 radical (unpaired) electrons. The fourth-order valence-electron chi connectivity index (χ4n) is 1.34. The zero-order valence-corrected chi connectivity index (χ0v) is 23.0. The minimum Gasteiger partial charge on any atom is -1.00 e. The van der Waals surface area contributed by atoms with Gasteiger partial charge < -0.3 is 5.91 Å². The van der Waals surface area contributed by atoms with Gasteiger partial charge in [-0.1, -0.05) is 0 Å². The van der Waals surface area contributed by atoms with Gasteiger partial charge in [0.1, 0.15) is 0 Å². The van der Waals surface area contributed by atoms with Crippen molar-refractivity contribution >= 4 is 0 Å². The Kier molecular flexibility index (Phi) is 819.